The normalized spacial score (nSPS) is 16.3. The maximum absolute atomic E-state index is 12.7. The molecule has 1 fully saturated rings. The van der Waals surface area contributed by atoms with E-state index in [1.54, 1.807) is 0 Å². The summed E-state index contributed by atoms with van der Waals surface area (Å²) in [5.74, 6) is -0.718. The van der Waals surface area contributed by atoms with Crippen molar-refractivity contribution >= 4 is 11.9 Å². The number of carboxylic acid groups (broad SMARTS) is 1. The van der Waals surface area contributed by atoms with E-state index >= 15 is 0 Å². The molecule has 0 aromatic heterocycles. The minimum Gasteiger partial charge on any atom is -0.481 e. The Morgan fingerprint density at radius 2 is 1.54 bits per heavy atom. The van der Waals surface area contributed by atoms with Gasteiger partial charge in [-0.05, 0) is 36.0 Å². The fourth-order valence-corrected chi connectivity index (χ4v) is 3.87. The van der Waals surface area contributed by atoms with Crippen LogP contribution in [0.4, 0.5) is 0 Å². The van der Waals surface area contributed by atoms with E-state index in [1.165, 1.54) is 5.56 Å². The van der Waals surface area contributed by atoms with E-state index in [0.717, 1.165) is 17.5 Å². The van der Waals surface area contributed by atoms with E-state index in [1.807, 2.05) is 53.4 Å². The van der Waals surface area contributed by atoms with Gasteiger partial charge in [-0.3, -0.25) is 9.59 Å². The lowest BCUT2D eigenvalue weighted by Crippen LogP contribution is -2.49. The molecule has 4 heteroatoms. The largest absolute Gasteiger partial charge is 0.481 e. The number of carbonyl (C=O) groups is 2. The standard InChI is InChI=1S/C22H25NO3/c1-2-17-8-6-7-9-18(17)16-20(24)23-14-12-22(13-15-23,21(25)26)19-10-4-3-5-11-19/h3-11H,2,12-16H2,1H3,(H,25,26). The Bertz CT molecular complexity index is 777. The lowest BCUT2D eigenvalue weighted by atomic mass is 9.73. The topological polar surface area (TPSA) is 57.6 Å². The first-order valence-electron chi connectivity index (χ1n) is 9.20. The summed E-state index contributed by atoms with van der Waals surface area (Å²) in [6.45, 7) is 3.05. The fraction of sp³-hybridized carbons (Fsp3) is 0.364. The molecule has 2 aromatic rings. The molecule has 3 rings (SSSR count). The summed E-state index contributed by atoms with van der Waals surface area (Å²) < 4.78 is 0. The first-order chi connectivity index (χ1) is 12.6. The number of hydrogen-bond acceptors (Lipinski definition) is 2. The van der Waals surface area contributed by atoms with Gasteiger partial charge in [0.2, 0.25) is 5.91 Å². The Morgan fingerprint density at radius 1 is 0.962 bits per heavy atom. The second kappa shape index (κ2) is 7.73. The lowest BCUT2D eigenvalue weighted by Gasteiger charge is -2.39. The first kappa shape index (κ1) is 18.2. The minimum atomic E-state index is -0.890. The minimum absolute atomic E-state index is 0.0814. The van der Waals surface area contributed by atoms with Gasteiger partial charge in [-0.1, -0.05) is 61.5 Å². The summed E-state index contributed by atoms with van der Waals surface area (Å²) in [6, 6.07) is 17.4. The zero-order chi connectivity index (χ0) is 18.6. The van der Waals surface area contributed by atoms with Crippen molar-refractivity contribution < 1.29 is 14.7 Å². The van der Waals surface area contributed by atoms with Gasteiger partial charge in [-0.2, -0.15) is 0 Å². The quantitative estimate of drug-likeness (QED) is 0.898. The maximum Gasteiger partial charge on any atom is 0.314 e. The van der Waals surface area contributed by atoms with Gasteiger partial charge >= 0.3 is 5.97 Å². The number of aliphatic carboxylic acids is 1. The van der Waals surface area contributed by atoms with E-state index in [0.29, 0.717) is 32.4 Å². The van der Waals surface area contributed by atoms with Crippen LogP contribution in [0.5, 0.6) is 0 Å². The van der Waals surface area contributed by atoms with Crippen molar-refractivity contribution in [1.29, 1.82) is 0 Å². The number of carbonyl (C=O) groups excluding carboxylic acids is 1. The molecule has 2 aromatic carbocycles. The number of hydrogen-bond donors (Lipinski definition) is 1. The third-order valence-corrected chi connectivity index (χ3v) is 5.55. The molecule has 0 atom stereocenters. The molecule has 0 unspecified atom stereocenters. The zero-order valence-electron chi connectivity index (χ0n) is 15.1. The lowest BCUT2D eigenvalue weighted by molar-refractivity contribution is -0.148. The Hall–Kier alpha value is -2.62. The average Bonchev–Trinajstić information content (AvgIpc) is 2.69. The summed E-state index contributed by atoms with van der Waals surface area (Å²) in [6.07, 6.45) is 2.19. The highest BCUT2D eigenvalue weighted by Gasteiger charge is 2.43. The molecule has 1 aliphatic heterocycles. The molecule has 26 heavy (non-hydrogen) atoms. The molecule has 1 aliphatic rings. The zero-order valence-corrected chi connectivity index (χ0v) is 15.1. The van der Waals surface area contributed by atoms with E-state index < -0.39 is 11.4 Å². The van der Waals surface area contributed by atoms with Crippen LogP contribution in [0.1, 0.15) is 36.5 Å². The second-order valence-electron chi connectivity index (χ2n) is 6.93. The average molecular weight is 351 g/mol. The van der Waals surface area contributed by atoms with Gasteiger partial charge in [0.05, 0.1) is 11.8 Å². The van der Waals surface area contributed by atoms with Crippen LogP contribution in [0.3, 0.4) is 0 Å². The van der Waals surface area contributed by atoms with Crippen molar-refractivity contribution in [3.05, 3.63) is 71.3 Å². The monoisotopic (exact) mass is 351 g/mol. The molecule has 1 saturated heterocycles. The van der Waals surface area contributed by atoms with Crippen LogP contribution in [0.2, 0.25) is 0 Å². The maximum atomic E-state index is 12.7. The highest BCUT2D eigenvalue weighted by molar-refractivity contribution is 5.83. The molecule has 136 valence electrons. The van der Waals surface area contributed by atoms with Crippen molar-refractivity contribution in [3.8, 4) is 0 Å². The van der Waals surface area contributed by atoms with Gasteiger partial charge in [-0.15, -0.1) is 0 Å². The van der Waals surface area contributed by atoms with Gasteiger partial charge in [0.25, 0.3) is 0 Å². The predicted molar refractivity (Wildman–Crippen MR) is 101 cm³/mol. The number of piperidine rings is 1. The van der Waals surface area contributed by atoms with Gasteiger partial charge in [0.1, 0.15) is 0 Å². The van der Waals surface area contributed by atoms with Crippen LogP contribution < -0.4 is 0 Å². The molecule has 1 heterocycles. The van der Waals surface area contributed by atoms with E-state index in [9.17, 15) is 14.7 Å². The van der Waals surface area contributed by atoms with E-state index in [-0.39, 0.29) is 5.91 Å². The van der Waals surface area contributed by atoms with E-state index in [4.69, 9.17) is 0 Å². The van der Waals surface area contributed by atoms with Crippen molar-refractivity contribution in [2.75, 3.05) is 13.1 Å². The first-order valence-corrected chi connectivity index (χ1v) is 9.20. The van der Waals surface area contributed by atoms with Crippen molar-refractivity contribution in [2.24, 2.45) is 0 Å². The molecule has 0 spiro atoms. The second-order valence-corrected chi connectivity index (χ2v) is 6.93. The summed E-state index contributed by atoms with van der Waals surface area (Å²) in [5.41, 5.74) is 2.20. The molecule has 0 radical (unpaired) electrons. The molecule has 0 aliphatic carbocycles. The van der Waals surface area contributed by atoms with Crippen LogP contribution in [-0.2, 0) is 27.8 Å². The van der Waals surface area contributed by atoms with Crippen LogP contribution in [0.25, 0.3) is 0 Å². The SMILES string of the molecule is CCc1ccccc1CC(=O)N1CCC(C(=O)O)(c2ccccc2)CC1. The highest BCUT2D eigenvalue weighted by atomic mass is 16.4. The van der Waals surface area contributed by atoms with Crippen LogP contribution in [-0.4, -0.2) is 35.0 Å². The number of rotatable bonds is 5. The third-order valence-electron chi connectivity index (χ3n) is 5.55. The molecule has 1 N–H and O–H groups in total. The van der Waals surface area contributed by atoms with Crippen molar-refractivity contribution in [1.82, 2.24) is 4.90 Å². The van der Waals surface area contributed by atoms with E-state index in [2.05, 4.69) is 13.0 Å². The summed E-state index contributed by atoms with van der Waals surface area (Å²) in [5, 5.41) is 9.87. The number of amides is 1. The molecule has 4 nitrogen and oxygen atoms in total. The number of nitrogens with zero attached hydrogens (tertiary/aromatic N) is 1. The summed E-state index contributed by atoms with van der Waals surface area (Å²) in [7, 11) is 0. The van der Waals surface area contributed by atoms with Gasteiger partial charge in [0, 0.05) is 13.1 Å². The number of carboxylic acids is 1. The van der Waals surface area contributed by atoms with Crippen molar-refractivity contribution in [2.45, 2.75) is 38.0 Å². The smallest absolute Gasteiger partial charge is 0.314 e. The number of aryl methyl sites for hydroxylation is 1. The third kappa shape index (κ3) is 3.50. The summed E-state index contributed by atoms with van der Waals surface area (Å²) in [4.78, 5) is 26.6. The van der Waals surface area contributed by atoms with Gasteiger partial charge < -0.3 is 10.0 Å². The Kier molecular flexibility index (Phi) is 5.40. The van der Waals surface area contributed by atoms with Crippen LogP contribution in [0.15, 0.2) is 54.6 Å². The highest BCUT2D eigenvalue weighted by Crippen LogP contribution is 2.36. The predicted octanol–water partition coefficient (Wildman–Crippen LogP) is 3.44. The Morgan fingerprint density at radius 3 is 2.12 bits per heavy atom. The van der Waals surface area contributed by atoms with Crippen LogP contribution >= 0.6 is 0 Å². The molecular weight excluding hydrogens is 326 g/mol. The molecule has 1 amide bonds. The summed E-state index contributed by atoms with van der Waals surface area (Å²) >= 11 is 0. The molecule has 0 saturated carbocycles. The Balaban J connectivity index is 1.71. The van der Waals surface area contributed by atoms with Gasteiger partial charge in [0.15, 0.2) is 0 Å². The Labute approximate surface area is 154 Å². The number of benzene rings is 2. The van der Waals surface area contributed by atoms with Crippen LogP contribution in [0, 0.1) is 0 Å². The van der Waals surface area contributed by atoms with Crippen molar-refractivity contribution in [3.63, 3.8) is 0 Å². The van der Waals surface area contributed by atoms with Gasteiger partial charge in [-0.25, -0.2) is 0 Å². The molecule has 0 bridgehead atoms. The fourth-order valence-electron chi connectivity index (χ4n) is 3.87. The number of likely N-dealkylation sites (tertiary alicyclic amines) is 1. The molecular formula is C22H25NO3.